The summed E-state index contributed by atoms with van der Waals surface area (Å²) in [6.07, 6.45) is 1.27. The van der Waals surface area contributed by atoms with Crippen molar-refractivity contribution < 1.29 is 19.0 Å². The number of esters is 1. The molecule has 1 saturated heterocycles. The van der Waals surface area contributed by atoms with Gasteiger partial charge in [0, 0.05) is 12.5 Å². The molecule has 0 aromatic heterocycles. The summed E-state index contributed by atoms with van der Waals surface area (Å²) in [5, 5.41) is 0. The van der Waals surface area contributed by atoms with Crippen molar-refractivity contribution in [1.29, 1.82) is 0 Å². The summed E-state index contributed by atoms with van der Waals surface area (Å²) in [5.74, 6) is 0.187. The van der Waals surface area contributed by atoms with E-state index < -0.39 is 6.10 Å². The predicted molar refractivity (Wildman–Crippen MR) is 55.6 cm³/mol. The first-order chi connectivity index (χ1) is 7.27. The lowest BCUT2D eigenvalue weighted by Crippen LogP contribution is -2.28. The van der Waals surface area contributed by atoms with E-state index in [1.54, 1.807) is 6.92 Å². The average Bonchev–Trinajstić information content (AvgIpc) is 2.72. The lowest BCUT2D eigenvalue weighted by molar-refractivity contribution is -0.157. The molecule has 0 N–H and O–H groups in total. The lowest BCUT2D eigenvalue weighted by Gasteiger charge is -2.16. The maximum Gasteiger partial charge on any atom is 0.335 e. The summed E-state index contributed by atoms with van der Waals surface area (Å²) >= 11 is 0. The Labute approximate surface area is 90.9 Å². The van der Waals surface area contributed by atoms with Gasteiger partial charge in [-0.2, -0.15) is 0 Å². The highest BCUT2D eigenvalue weighted by Gasteiger charge is 2.22. The molecule has 0 aromatic carbocycles. The van der Waals surface area contributed by atoms with Gasteiger partial charge in [-0.05, 0) is 19.8 Å². The van der Waals surface area contributed by atoms with Crippen LogP contribution in [-0.4, -0.2) is 38.5 Å². The van der Waals surface area contributed by atoms with Crippen molar-refractivity contribution in [1.82, 2.24) is 0 Å². The molecule has 1 heterocycles. The van der Waals surface area contributed by atoms with Gasteiger partial charge in [-0.1, -0.05) is 6.92 Å². The Balaban J connectivity index is 2.23. The zero-order valence-corrected chi connectivity index (χ0v) is 9.53. The molecular weight excluding hydrogens is 196 g/mol. The summed E-state index contributed by atoms with van der Waals surface area (Å²) in [6.45, 7) is 6.29. The third-order valence-corrected chi connectivity index (χ3v) is 2.48. The molecule has 2 unspecified atom stereocenters. The highest BCUT2D eigenvalue weighted by molar-refractivity contribution is 5.74. The SMILES string of the molecule is CCOC(=O)C(CC)OCC1CCOC1. The second kappa shape index (κ2) is 6.80. The van der Waals surface area contributed by atoms with Gasteiger partial charge in [0.15, 0.2) is 6.10 Å². The van der Waals surface area contributed by atoms with Crippen LogP contribution in [0.15, 0.2) is 0 Å². The highest BCUT2D eigenvalue weighted by Crippen LogP contribution is 2.14. The number of rotatable bonds is 6. The highest BCUT2D eigenvalue weighted by atomic mass is 16.6. The molecule has 1 aliphatic rings. The van der Waals surface area contributed by atoms with Crippen LogP contribution < -0.4 is 0 Å². The van der Waals surface area contributed by atoms with E-state index in [0.29, 0.717) is 25.6 Å². The predicted octanol–water partition coefficient (Wildman–Crippen LogP) is 1.38. The minimum Gasteiger partial charge on any atom is -0.464 e. The van der Waals surface area contributed by atoms with Gasteiger partial charge in [0.1, 0.15) is 0 Å². The van der Waals surface area contributed by atoms with Crippen LogP contribution in [0.1, 0.15) is 26.7 Å². The van der Waals surface area contributed by atoms with Crippen LogP contribution in [-0.2, 0) is 19.0 Å². The number of hydrogen-bond acceptors (Lipinski definition) is 4. The molecule has 88 valence electrons. The number of carbonyl (C=O) groups excluding carboxylic acids is 1. The van der Waals surface area contributed by atoms with Crippen molar-refractivity contribution in [3.8, 4) is 0 Å². The maximum atomic E-state index is 11.4. The zero-order valence-electron chi connectivity index (χ0n) is 9.53. The molecule has 0 saturated carbocycles. The minimum absolute atomic E-state index is 0.251. The molecule has 0 bridgehead atoms. The Morgan fingerprint density at radius 2 is 2.33 bits per heavy atom. The monoisotopic (exact) mass is 216 g/mol. The molecule has 0 amide bonds. The third-order valence-electron chi connectivity index (χ3n) is 2.48. The van der Waals surface area contributed by atoms with Crippen molar-refractivity contribution in [3.63, 3.8) is 0 Å². The van der Waals surface area contributed by atoms with Crippen molar-refractivity contribution in [2.75, 3.05) is 26.4 Å². The Morgan fingerprint density at radius 1 is 1.53 bits per heavy atom. The first kappa shape index (κ1) is 12.5. The van der Waals surface area contributed by atoms with E-state index in [1.807, 2.05) is 6.92 Å². The van der Waals surface area contributed by atoms with E-state index in [9.17, 15) is 4.79 Å². The van der Waals surface area contributed by atoms with Gasteiger partial charge in [0.05, 0.1) is 19.8 Å². The van der Waals surface area contributed by atoms with Crippen LogP contribution in [0.4, 0.5) is 0 Å². The molecule has 1 fully saturated rings. The largest absolute Gasteiger partial charge is 0.464 e. The average molecular weight is 216 g/mol. The molecular formula is C11H20O4. The first-order valence-electron chi connectivity index (χ1n) is 5.63. The third kappa shape index (κ3) is 4.18. The summed E-state index contributed by atoms with van der Waals surface area (Å²) < 4.78 is 15.7. The van der Waals surface area contributed by atoms with E-state index in [-0.39, 0.29) is 5.97 Å². The molecule has 0 spiro atoms. The summed E-state index contributed by atoms with van der Waals surface area (Å²) in [5.41, 5.74) is 0. The smallest absolute Gasteiger partial charge is 0.335 e. The van der Waals surface area contributed by atoms with Gasteiger partial charge in [0.25, 0.3) is 0 Å². The van der Waals surface area contributed by atoms with Crippen LogP contribution in [0.3, 0.4) is 0 Å². The molecule has 1 rings (SSSR count). The Bertz CT molecular complexity index is 187. The molecule has 4 nitrogen and oxygen atoms in total. The molecule has 15 heavy (non-hydrogen) atoms. The second-order valence-electron chi connectivity index (χ2n) is 3.71. The summed E-state index contributed by atoms with van der Waals surface area (Å²) in [7, 11) is 0. The molecule has 2 atom stereocenters. The Kier molecular flexibility index (Phi) is 5.65. The normalized spacial score (nSPS) is 22.7. The van der Waals surface area contributed by atoms with E-state index in [4.69, 9.17) is 14.2 Å². The fourth-order valence-corrected chi connectivity index (χ4v) is 1.55. The standard InChI is InChI=1S/C11H20O4/c1-3-10(11(12)14-4-2)15-8-9-5-6-13-7-9/h9-10H,3-8H2,1-2H3. The summed E-state index contributed by atoms with van der Waals surface area (Å²) in [6, 6.07) is 0. The van der Waals surface area contributed by atoms with Gasteiger partial charge in [-0.25, -0.2) is 4.79 Å². The molecule has 1 aliphatic heterocycles. The van der Waals surface area contributed by atoms with Crippen LogP contribution >= 0.6 is 0 Å². The quantitative estimate of drug-likeness (QED) is 0.629. The van der Waals surface area contributed by atoms with Gasteiger partial charge in [-0.15, -0.1) is 0 Å². The van der Waals surface area contributed by atoms with Crippen molar-refractivity contribution in [3.05, 3.63) is 0 Å². The number of carbonyl (C=O) groups is 1. The molecule has 4 heteroatoms. The van der Waals surface area contributed by atoms with Gasteiger partial charge >= 0.3 is 5.97 Å². The van der Waals surface area contributed by atoms with Gasteiger partial charge in [0.2, 0.25) is 0 Å². The molecule has 0 aromatic rings. The maximum absolute atomic E-state index is 11.4. The zero-order chi connectivity index (χ0) is 11.1. The topological polar surface area (TPSA) is 44.8 Å². The van der Waals surface area contributed by atoms with E-state index in [2.05, 4.69) is 0 Å². The van der Waals surface area contributed by atoms with Crippen LogP contribution in [0, 0.1) is 5.92 Å². The van der Waals surface area contributed by atoms with E-state index >= 15 is 0 Å². The number of ether oxygens (including phenoxy) is 3. The summed E-state index contributed by atoms with van der Waals surface area (Å²) in [4.78, 5) is 11.4. The van der Waals surface area contributed by atoms with Gasteiger partial charge < -0.3 is 14.2 Å². The van der Waals surface area contributed by atoms with E-state index in [1.165, 1.54) is 0 Å². The van der Waals surface area contributed by atoms with Crippen LogP contribution in [0.25, 0.3) is 0 Å². The van der Waals surface area contributed by atoms with Crippen molar-refractivity contribution >= 4 is 5.97 Å². The van der Waals surface area contributed by atoms with Crippen LogP contribution in [0.2, 0.25) is 0 Å². The Morgan fingerprint density at radius 3 is 2.87 bits per heavy atom. The van der Waals surface area contributed by atoms with Crippen molar-refractivity contribution in [2.45, 2.75) is 32.8 Å². The molecule has 0 radical (unpaired) electrons. The van der Waals surface area contributed by atoms with Crippen LogP contribution in [0.5, 0.6) is 0 Å². The second-order valence-corrected chi connectivity index (χ2v) is 3.71. The fraction of sp³-hybridized carbons (Fsp3) is 0.909. The van der Waals surface area contributed by atoms with Gasteiger partial charge in [-0.3, -0.25) is 0 Å². The minimum atomic E-state index is -0.412. The van der Waals surface area contributed by atoms with E-state index in [0.717, 1.165) is 19.6 Å². The Hall–Kier alpha value is -0.610. The lowest BCUT2D eigenvalue weighted by atomic mass is 10.1. The molecule has 0 aliphatic carbocycles. The fourth-order valence-electron chi connectivity index (χ4n) is 1.55. The first-order valence-corrected chi connectivity index (χ1v) is 5.63. The number of hydrogen-bond donors (Lipinski definition) is 0. The van der Waals surface area contributed by atoms with Crippen molar-refractivity contribution in [2.24, 2.45) is 5.92 Å².